The second-order valence-electron chi connectivity index (χ2n) is 25.6. The van der Waals surface area contributed by atoms with Crippen molar-refractivity contribution in [2.45, 2.75) is 437 Å². The van der Waals surface area contributed by atoms with E-state index in [1.165, 1.54) is 360 Å². The van der Waals surface area contributed by atoms with Gasteiger partial charge in [-0.3, -0.25) is 9.59 Å². The van der Waals surface area contributed by atoms with E-state index in [0.717, 1.165) is 38.5 Å². The normalized spacial score (nSPS) is 12.5. The number of unbranched alkanes of at least 4 members (excludes halogenated alkanes) is 59. The summed E-state index contributed by atoms with van der Waals surface area (Å²) < 4.78 is 5.49. The smallest absolute Gasteiger partial charge is 0.305 e. The van der Waals surface area contributed by atoms with Crippen LogP contribution in [-0.2, 0) is 14.3 Å². The maximum atomic E-state index is 12.5. The van der Waals surface area contributed by atoms with Crippen LogP contribution in [0.1, 0.15) is 425 Å². The van der Waals surface area contributed by atoms with Crippen molar-refractivity contribution >= 4 is 11.9 Å². The lowest BCUT2D eigenvalue weighted by Gasteiger charge is -2.20. The van der Waals surface area contributed by atoms with Crippen molar-refractivity contribution in [3.05, 3.63) is 12.2 Å². The van der Waals surface area contributed by atoms with Crippen LogP contribution in [0, 0.1) is 0 Å². The molecule has 0 aromatic rings. The molecule has 3 N–H and O–H groups in total. The molecular formula is C74H145NO5. The number of hydrogen-bond donors (Lipinski definition) is 3. The first kappa shape index (κ1) is 78.6. The highest BCUT2D eigenvalue weighted by atomic mass is 16.5. The Bertz CT molecular complexity index is 1210. The Balaban J connectivity index is 3.28. The molecule has 0 aliphatic carbocycles. The topological polar surface area (TPSA) is 95.9 Å². The van der Waals surface area contributed by atoms with Gasteiger partial charge in [-0.05, 0) is 32.1 Å². The molecule has 0 saturated heterocycles. The van der Waals surface area contributed by atoms with E-state index < -0.39 is 12.1 Å². The Morgan fingerprint density at radius 1 is 0.338 bits per heavy atom. The quantitative estimate of drug-likeness (QED) is 0.0320. The summed E-state index contributed by atoms with van der Waals surface area (Å²) in [5.74, 6) is -0.0349. The van der Waals surface area contributed by atoms with Crippen LogP contribution in [0.2, 0.25) is 0 Å². The van der Waals surface area contributed by atoms with Crippen LogP contribution >= 0.6 is 0 Å². The molecule has 0 fully saturated rings. The largest absolute Gasteiger partial charge is 0.466 e. The second kappa shape index (κ2) is 70.1. The number of nitrogens with one attached hydrogen (secondary N) is 1. The number of allylic oxidation sites excluding steroid dienone is 1. The lowest BCUT2D eigenvalue weighted by Crippen LogP contribution is -2.45. The summed E-state index contributed by atoms with van der Waals surface area (Å²) in [6, 6.07) is -0.621. The Labute approximate surface area is 501 Å². The molecule has 0 saturated carbocycles. The molecule has 2 unspecified atom stereocenters. The first-order valence-electron chi connectivity index (χ1n) is 37.0. The molecule has 0 aromatic heterocycles. The van der Waals surface area contributed by atoms with Crippen LogP contribution in [0.25, 0.3) is 0 Å². The lowest BCUT2D eigenvalue weighted by molar-refractivity contribution is -0.143. The van der Waals surface area contributed by atoms with Gasteiger partial charge in [0.25, 0.3) is 0 Å². The summed E-state index contributed by atoms with van der Waals surface area (Å²) in [5.41, 5.74) is 0. The molecule has 0 spiro atoms. The third kappa shape index (κ3) is 65.7. The number of hydrogen-bond acceptors (Lipinski definition) is 5. The van der Waals surface area contributed by atoms with Gasteiger partial charge in [0, 0.05) is 12.8 Å². The maximum absolute atomic E-state index is 12.5. The van der Waals surface area contributed by atoms with Gasteiger partial charge in [-0.15, -0.1) is 0 Å². The molecule has 2 atom stereocenters. The summed E-state index contributed by atoms with van der Waals surface area (Å²) >= 11 is 0. The van der Waals surface area contributed by atoms with Crippen LogP contribution < -0.4 is 5.32 Å². The molecule has 1 amide bonds. The average molecular weight is 1130 g/mol. The molecule has 80 heavy (non-hydrogen) atoms. The average Bonchev–Trinajstić information content (AvgIpc) is 3.46. The van der Waals surface area contributed by atoms with Crippen molar-refractivity contribution in [2.24, 2.45) is 0 Å². The van der Waals surface area contributed by atoms with Crippen LogP contribution in [0.5, 0.6) is 0 Å². The number of carbonyl (C=O) groups is 2. The summed E-state index contributed by atoms with van der Waals surface area (Å²) in [4.78, 5) is 24.5. The van der Waals surface area contributed by atoms with Gasteiger partial charge in [0.15, 0.2) is 0 Å². The van der Waals surface area contributed by atoms with E-state index in [1.807, 2.05) is 6.08 Å². The Morgan fingerprint density at radius 2 is 0.575 bits per heavy atom. The first-order valence-corrected chi connectivity index (χ1v) is 37.0. The molecule has 6 nitrogen and oxygen atoms in total. The number of esters is 1. The van der Waals surface area contributed by atoms with Crippen molar-refractivity contribution in [1.29, 1.82) is 0 Å². The zero-order chi connectivity index (χ0) is 57.8. The molecule has 6 heteroatoms. The molecule has 0 bridgehead atoms. The van der Waals surface area contributed by atoms with Gasteiger partial charge >= 0.3 is 5.97 Å². The molecule has 0 aromatic carbocycles. The van der Waals surface area contributed by atoms with E-state index >= 15 is 0 Å². The number of carbonyl (C=O) groups excluding carboxylic acids is 2. The number of aliphatic hydroxyl groups is 2. The SMILES string of the molecule is CCCCCCCCCCCC/C=C/C(O)C(CO)NC(=O)CCCCCCCCCCCCCCCCCCCCCCCCCCCCCCCCCCCCCCCCCOC(=O)CCCCCCCCCCCCCC. The summed E-state index contributed by atoms with van der Waals surface area (Å²) in [5, 5.41) is 23.1. The van der Waals surface area contributed by atoms with Crippen molar-refractivity contribution < 1.29 is 24.5 Å². The highest BCUT2D eigenvalue weighted by molar-refractivity contribution is 5.76. The van der Waals surface area contributed by atoms with Gasteiger partial charge in [0.05, 0.1) is 25.4 Å². The van der Waals surface area contributed by atoms with Gasteiger partial charge in [-0.2, -0.15) is 0 Å². The number of rotatable bonds is 70. The van der Waals surface area contributed by atoms with E-state index in [0.29, 0.717) is 19.4 Å². The van der Waals surface area contributed by atoms with E-state index in [4.69, 9.17) is 4.74 Å². The van der Waals surface area contributed by atoms with Crippen LogP contribution in [0.15, 0.2) is 12.2 Å². The fourth-order valence-corrected chi connectivity index (χ4v) is 11.9. The molecule has 0 radical (unpaired) electrons. The minimum Gasteiger partial charge on any atom is -0.466 e. The number of ether oxygens (including phenoxy) is 1. The van der Waals surface area contributed by atoms with E-state index in [9.17, 15) is 19.8 Å². The van der Waals surface area contributed by atoms with Crippen LogP contribution in [0.4, 0.5) is 0 Å². The lowest BCUT2D eigenvalue weighted by atomic mass is 10.0. The minimum atomic E-state index is -0.838. The first-order chi connectivity index (χ1) is 39.5. The van der Waals surface area contributed by atoms with E-state index in [1.54, 1.807) is 6.08 Å². The van der Waals surface area contributed by atoms with Gasteiger partial charge < -0.3 is 20.3 Å². The monoisotopic (exact) mass is 1130 g/mol. The Morgan fingerprint density at radius 3 is 0.850 bits per heavy atom. The number of amides is 1. The molecular weight excluding hydrogens is 983 g/mol. The van der Waals surface area contributed by atoms with Crippen molar-refractivity contribution in [3.8, 4) is 0 Å². The fourth-order valence-electron chi connectivity index (χ4n) is 11.9. The fraction of sp³-hybridized carbons (Fsp3) is 0.946. The van der Waals surface area contributed by atoms with Crippen molar-refractivity contribution in [2.75, 3.05) is 13.2 Å². The Hall–Kier alpha value is -1.40. The third-order valence-corrected chi connectivity index (χ3v) is 17.6. The van der Waals surface area contributed by atoms with Crippen molar-refractivity contribution in [1.82, 2.24) is 5.32 Å². The predicted molar refractivity (Wildman–Crippen MR) is 352 cm³/mol. The highest BCUT2D eigenvalue weighted by Gasteiger charge is 2.18. The van der Waals surface area contributed by atoms with Crippen LogP contribution in [-0.4, -0.2) is 47.4 Å². The van der Waals surface area contributed by atoms with Crippen LogP contribution in [0.3, 0.4) is 0 Å². The summed E-state index contributed by atoms with van der Waals surface area (Å²) in [7, 11) is 0. The standard InChI is InChI=1S/C74H145NO5/c1-3-5-7-9-11-13-15-46-50-54-58-62-66-72(77)71(70-76)75-73(78)67-63-59-55-51-47-44-42-40-38-36-34-32-30-28-26-24-22-20-18-17-19-21-23-25-27-29-31-33-35-37-39-41-43-45-49-53-57-61-65-69-80-74(79)68-64-60-56-52-48-16-14-12-10-8-6-4-2/h62,66,71-72,76-77H,3-61,63-65,67-70H2,1-2H3,(H,75,78)/b66-62+. The summed E-state index contributed by atoms with van der Waals surface area (Å²) in [6.45, 7) is 4.93. The zero-order valence-electron chi connectivity index (χ0n) is 54.6. The van der Waals surface area contributed by atoms with Gasteiger partial charge in [0.2, 0.25) is 5.91 Å². The predicted octanol–water partition coefficient (Wildman–Crippen LogP) is 23.9. The molecule has 476 valence electrons. The third-order valence-electron chi connectivity index (χ3n) is 17.6. The molecule has 0 aliphatic heterocycles. The van der Waals surface area contributed by atoms with E-state index in [2.05, 4.69) is 19.2 Å². The molecule has 0 rings (SSSR count). The maximum Gasteiger partial charge on any atom is 0.305 e. The van der Waals surface area contributed by atoms with E-state index in [-0.39, 0.29) is 18.5 Å². The van der Waals surface area contributed by atoms with Gasteiger partial charge in [-0.1, -0.05) is 392 Å². The van der Waals surface area contributed by atoms with Gasteiger partial charge in [-0.25, -0.2) is 0 Å². The second-order valence-corrected chi connectivity index (χ2v) is 25.6. The van der Waals surface area contributed by atoms with Gasteiger partial charge in [0.1, 0.15) is 0 Å². The van der Waals surface area contributed by atoms with Crippen molar-refractivity contribution in [3.63, 3.8) is 0 Å². The summed E-state index contributed by atoms with van der Waals surface area (Å²) in [6.07, 6.45) is 87.6. The molecule has 0 heterocycles. The Kier molecular flexibility index (Phi) is 68.9. The molecule has 0 aliphatic rings. The number of aliphatic hydroxyl groups excluding tert-OH is 2. The highest BCUT2D eigenvalue weighted by Crippen LogP contribution is 2.20. The minimum absolute atomic E-state index is 0.0253. The zero-order valence-corrected chi connectivity index (χ0v) is 54.6.